The lowest BCUT2D eigenvalue weighted by molar-refractivity contribution is 0.103. The third kappa shape index (κ3) is 4.24. The van der Waals surface area contributed by atoms with Crippen LogP contribution in [0.4, 0.5) is 0 Å². The molecule has 2 heterocycles. The Morgan fingerprint density at radius 1 is 0.889 bits per heavy atom. The molecule has 0 saturated heterocycles. The SMILES string of the molecule is COc1cc(C(=O)c2cnc(-c3c[nH]c4cccc(OCc5ccccc5)c34)[nH]2)cc(OC)c1OC. The van der Waals surface area contributed by atoms with Crippen LogP contribution < -0.4 is 18.9 Å². The summed E-state index contributed by atoms with van der Waals surface area (Å²) in [5.74, 6) is 2.24. The van der Waals surface area contributed by atoms with E-state index >= 15 is 0 Å². The molecular formula is C28H25N3O5. The van der Waals surface area contributed by atoms with E-state index < -0.39 is 0 Å². The summed E-state index contributed by atoms with van der Waals surface area (Å²) in [6, 6.07) is 19.0. The predicted molar refractivity (Wildman–Crippen MR) is 136 cm³/mol. The Labute approximate surface area is 207 Å². The Balaban J connectivity index is 1.47. The molecule has 0 amide bonds. The van der Waals surface area contributed by atoms with Gasteiger partial charge >= 0.3 is 0 Å². The molecule has 0 aliphatic carbocycles. The predicted octanol–water partition coefficient (Wildman–Crippen LogP) is 5.39. The standard InChI is InChI=1S/C28H25N3O5/c1-33-23-12-18(13-24(34-2)27(23)35-3)26(32)21-15-30-28(31-21)19-14-29-20-10-7-11-22(25(19)20)36-16-17-8-5-4-6-9-17/h4-15,29H,16H2,1-3H3,(H,30,31). The van der Waals surface area contributed by atoms with Crippen molar-refractivity contribution in [2.24, 2.45) is 0 Å². The van der Waals surface area contributed by atoms with E-state index in [-0.39, 0.29) is 5.78 Å². The summed E-state index contributed by atoms with van der Waals surface area (Å²) in [5.41, 5.74) is 3.49. The largest absolute Gasteiger partial charge is 0.493 e. The highest BCUT2D eigenvalue weighted by Gasteiger charge is 2.21. The summed E-state index contributed by atoms with van der Waals surface area (Å²) in [6.45, 7) is 0.438. The number of aromatic amines is 2. The van der Waals surface area contributed by atoms with Crippen LogP contribution in [-0.2, 0) is 6.61 Å². The maximum atomic E-state index is 13.3. The highest BCUT2D eigenvalue weighted by Crippen LogP contribution is 2.39. The number of hydrogen-bond donors (Lipinski definition) is 2. The zero-order valence-corrected chi connectivity index (χ0v) is 20.1. The number of H-pyrrole nitrogens is 2. The third-order valence-corrected chi connectivity index (χ3v) is 5.91. The van der Waals surface area contributed by atoms with Gasteiger partial charge in [0.05, 0.1) is 32.9 Å². The van der Waals surface area contributed by atoms with E-state index in [4.69, 9.17) is 18.9 Å². The first kappa shape index (κ1) is 23.0. The van der Waals surface area contributed by atoms with E-state index in [9.17, 15) is 4.79 Å². The summed E-state index contributed by atoms with van der Waals surface area (Å²) < 4.78 is 22.3. The van der Waals surface area contributed by atoms with E-state index in [2.05, 4.69) is 15.0 Å². The maximum Gasteiger partial charge on any atom is 0.211 e. The van der Waals surface area contributed by atoms with Gasteiger partial charge in [-0.05, 0) is 29.8 Å². The average molecular weight is 484 g/mol. The molecule has 8 heteroatoms. The van der Waals surface area contributed by atoms with Crippen LogP contribution in [0, 0.1) is 0 Å². The molecule has 0 fully saturated rings. The molecule has 2 N–H and O–H groups in total. The molecule has 0 atom stereocenters. The second kappa shape index (κ2) is 9.87. The first-order chi connectivity index (χ1) is 17.6. The van der Waals surface area contributed by atoms with Gasteiger partial charge in [-0.1, -0.05) is 36.4 Å². The van der Waals surface area contributed by atoms with Gasteiger partial charge in [0.2, 0.25) is 11.5 Å². The van der Waals surface area contributed by atoms with E-state index in [1.807, 2.05) is 54.7 Å². The molecule has 0 spiro atoms. The molecular weight excluding hydrogens is 458 g/mol. The highest BCUT2D eigenvalue weighted by atomic mass is 16.5. The molecule has 5 aromatic rings. The fraction of sp³-hybridized carbons (Fsp3) is 0.143. The number of carbonyl (C=O) groups is 1. The molecule has 2 aromatic heterocycles. The number of rotatable bonds is 9. The third-order valence-electron chi connectivity index (χ3n) is 5.91. The Morgan fingerprint density at radius 2 is 1.64 bits per heavy atom. The van der Waals surface area contributed by atoms with Gasteiger partial charge in [0.1, 0.15) is 23.9 Å². The number of ketones is 1. The number of methoxy groups -OCH3 is 3. The van der Waals surface area contributed by atoms with Crippen LogP contribution in [0.15, 0.2) is 73.1 Å². The Hall–Kier alpha value is -4.72. The Bertz CT molecular complexity index is 1500. The van der Waals surface area contributed by atoms with Gasteiger partial charge in [0, 0.05) is 22.8 Å². The molecule has 0 aliphatic rings. The smallest absolute Gasteiger partial charge is 0.211 e. The van der Waals surface area contributed by atoms with E-state index in [1.165, 1.54) is 27.5 Å². The van der Waals surface area contributed by atoms with Gasteiger partial charge in [0.25, 0.3) is 0 Å². The van der Waals surface area contributed by atoms with E-state index in [1.54, 1.807) is 12.1 Å². The Morgan fingerprint density at radius 3 is 2.33 bits per heavy atom. The summed E-state index contributed by atoms with van der Waals surface area (Å²) >= 11 is 0. The van der Waals surface area contributed by atoms with Crippen molar-refractivity contribution in [1.82, 2.24) is 15.0 Å². The second-order valence-electron chi connectivity index (χ2n) is 8.04. The summed E-state index contributed by atoms with van der Waals surface area (Å²) in [5, 5.41) is 0.884. The highest BCUT2D eigenvalue weighted by molar-refractivity contribution is 6.09. The normalized spacial score (nSPS) is 10.9. The number of aromatic nitrogens is 3. The molecule has 36 heavy (non-hydrogen) atoms. The summed E-state index contributed by atoms with van der Waals surface area (Å²) in [6.07, 6.45) is 3.37. The van der Waals surface area contributed by atoms with Crippen molar-refractivity contribution in [2.45, 2.75) is 6.61 Å². The van der Waals surface area contributed by atoms with Gasteiger partial charge in [-0.25, -0.2) is 4.98 Å². The monoisotopic (exact) mass is 483 g/mol. The van der Waals surface area contributed by atoms with Crippen molar-refractivity contribution in [3.8, 4) is 34.4 Å². The van der Waals surface area contributed by atoms with E-state index in [0.29, 0.717) is 40.9 Å². The number of benzene rings is 3. The van der Waals surface area contributed by atoms with Crippen molar-refractivity contribution < 1.29 is 23.7 Å². The van der Waals surface area contributed by atoms with Crippen LogP contribution in [0.3, 0.4) is 0 Å². The van der Waals surface area contributed by atoms with Crippen molar-refractivity contribution in [2.75, 3.05) is 21.3 Å². The number of nitrogens with zero attached hydrogens (tertiary/aromatic N) is 1. The molecule has 0 radical (unpaired) electrons. The van der Waals surface area contributed by atoms with Crippen LogP contribution >= 0.6 is 0 Å². The first-order valence-electron chi connectivity index (χ1n) is 11.3. The quantitative estimate of drug-likeness (QED) is 0.273. The second-order valence-corrected chi connectivity index (χ2v) is 8.04. The van der Waals surface area contributed by atoms with Crippen molar-refractivity contribution in [3.05, 3.63) is 89.9 Å². The molecule has 8 nitrogen and oxygen atoms in total. The zero-order valence-electron chi connectivity index (χ0n) is 20.1. The lowest BCUT2D eigenvalue weighted by Crippen LogP contribution is -2.04. The van der Waals surface area contributed by atoms with Crippen molar-refractivity contribution >= 4 is 16.7 Å². The van der Waals surface area contributed by atoms with Crippen molar-refractivity contribution in [1.29, 1.82) is 0 Å². The molecule has 0 saturated carbocycles. The van der Waals surface area contributed by atoms with Crippen LogP contribution in [0.5, 0.6) is 23.0 Å². The molecule has 0 bridgehead atoms. The molecule has 5 rings (SSSR count). The van der Waals surface area contributed by atoms with Crippen LogP contribution in [0.2, 0.25) is 0 Å². The minimum Gasteiger partial charge on any atom is -0.493 e. The number of ether oxygens (including phenoxy) is 4. The minimum absolute atomic E-state index is 0.256. The fourth-order valence-corrected chi connectivity index (χ4v) is 4.13. The van der Waals surface area contributed by atoms with Crippen LogP contribution in [-0.4, -0.2) is 42.1 Å². The number of nitrogens with one attached hydrogen (secondary N) is 2. The summed E-state index contributed by atoms with van der Waals surface area (Å²) in [7, 11) is 4.53. The number of fused-ring (bicyclic) bond motifs is 1. The van der Waals surface area contributed by atoms with Gasteiger partial charge in [-0.15, -0.1) is 0 Å². The van der Waals surface area contributed by atoms with Gasteiger partial charge < -0.3 is 28.9 Å². The number of imidazole rings is 1. The van der Waals surface area contributed by atoms with Crippen molar-refractivity contribution in [3.63, 3.8) is 0 Å². The minimum atomic E-state index is -0.256. The maximum absolute atomic E-state index is 13.3. The lowest BCUT2D eigenvalue weighted by atomic mass is 10.1. The topological polar surface area (TPSA) is 98.5 Å². The summed E-state index contributed by atoms with van der Waals surface area (Å²) in [4.78, 5) is 24.2. The average Bonchev–Trinajstić information content (AvgIpc) is 3.59. The molecule has 3 aromatic carbocycles. The van der Waals surface area contributed by atoms with E-state index in [0.717, 1.165) is 27.8 Å². The Kier molecular flexibility index (Phi) is 6.32. The zero-order chi connectivity index (χ0) is 25.1. The molecule has 182 valence electrons. The van der Waals surface area contributed by atoms with Crippen LogP contribution in [0.25, 0.3) is 22.3 Å². The van der Waals surface area contributed by atoms with Gasteiger partial charge in [-0.2, -0.15) is 0 Å². The first-order valence-corrected chi connectivity index (χ1v) is 11.3. The van der Waals surface area contributed by atoms with Crippen LogP contribution in [0.1, 0.15) is 21.6 Å². The lowest BCUT2D eigenvalue weighted by Gasteiger charge is -2.13. The molecule has 0 aliphatic heterocycles. The van der Waals surface area contributed by atoms with Gasteiger partial charge in [0.15, 0.2) is 11.5 Å². The van der Waals surface area contributed by atoms with Gasteiger partial charge in [-0.3, -0.25) is 4.79 Å². The molecule has 0 unspecified atom stereocenters. The number of hydrogen-bond acceptors (Lipinski definition) is 6. The number of carbonyl (C=O) groups excluding carboxylic acids is 1. The fourth-order valence-electron chi connectivity index (χ4n) is 4.13.